The molecule has 1 aromatic rings. The van der Waals surface area contributed by atoms with Gasteiger partial charge in [0.15, 0.2) is 5.82 Å². The fraction of sp³-hybridized carbons (Fsp3) is 0.818. The maximum absolute atomic E-state index is 5.31. The van der Waals surface area contributed by atoms with E-state index in [1.165, 1.54) is 12.8 Å². The van der Waals surface area contributed by atoms with Crippen LogP contribution in [0.25, 0.3) is 0 Å². The van der Waals surface area contributed by atoms with Crippen LogP contribution in [0.3, 0.4) is 0 Å². The van der Waals surface area contributed by atoms with E-state index in [0.29, 0.717) is 12.0 Å². The number of rotatable bonds is 3. The van der Waals surface area contributed by atoms with Gasteiger partial charge < -0.3 is 15.2 Å². The van der Waals surface area contributed by atoms with Crippen molar-refractivity contribution in [2.24, 2.45) is 0 Å². The lowest BCUT2D eigenvalue weighted by Gasteiger charge is -2.04. The van der Waals surface area contributed by atoms with Gasteiger partial charge in [0.05, 0.1) is 0 Å². The molecule has 2 aliphatic rings. The zero-order valence-electron chi connectivity index (χ0n) is 9.41. The molecule has 2 saturated heterocycles. The van der Waals surface area contributed by atoms with Gasteiger partial charge >= 0.3 is 0 Å². The number of hydrogen-bond acceptors (Lipinski definition) is 5. The highest BCUT2D eigenvalue weighted by molar-refractivity contribution is 5.00. The summed E-state index contributed by atoms with van der Waals surface area (Å²) in [6.07, 6.45) is 4.49. The highest BCUT2D eigenvalue weighted by Gasteiger charge is 2.23. The molecule has 5 heteroatoms. The molecule has 3 heterocycles. The Hall–Kier alpha value is -0.940. The maximum Gasteiger partial charge on any atom is 0.228 e. The number of nitrogens with zero attached hydrogens (tertiary/aromatic N) is 2. The van der Waals surface area contributed by atoms with E-state index in [4.69, 9.17) is 4.52 Å². The van der Waals surface area contributed by atoms with Crippen LogP contribution in [0.4, 0.5) is 0 Å². The monoisotopic (exact) mass is 222 g/mol. The van der Waals surface area contributed by atoms with Gasteiger partial charge in [0.25, 0.3) is 0 Å². The van der Waals surface area contributed by atoms with Crippen LogP contribution in [0.15, 0.2) is 4.52 Å². The molecule has 1 aromatic heterocycles. The molecule has 2 unspecified atom stereocenters. The largest absolute Gasteiger partial charge is 0.339 e. The number of nitrogens with one attached hydrogen (secondary N) is 2. The first-order chi connectivity index (χ1) is 7.92. The molecule has 0 radical (unpaired) electrons. The minimum Gasteiger partial charge on any atom is -0.339 e. The van der Waals surface area contributed by atoms with Crippen LogP contribution in [0.2, 0.25) is 0 Å². The van der Waals surface area contributed by atoms with E-state index in [2.05, 4.69) is 20.8 Å². The lowest BCUT2D eigenvalue weighted by atomic mass is 10.1. The molecule has 2 N–H and O–H groups in total. The summed E-state index contributed by atoms with van der Waals surface area (Å²) in [5, 5.41) is 10.8. The summed E-state index contributed by atoms with van der Waals surface area (Å²) in [7, 11) is 0. The molecule has 16 heavy (non-hydrogen) atoms. The van der Waals surface area contributed by atoms with Crippen molar-refractivity contribution in [2.45, 2.75) is 37.6 Å². The first-order valence-corrected chi connectivity index (χ1v) is 6.18. The summed E-state index contributed by atoms with van der Waals surface area (Å²) in [5.41, 5.74) is 0. The van der Waals surface area contributed by atoms with Crippen LogP contribution in [0.5, 0.6) is 0 Å². The number of aromatic nitrogens is 2. The molecule has 88 valence electrons. The zero-order valence-corrected chi connectivity index (χ0v) is 9.41. The molecule has 0 aliphatic carbocycles. The summed E-state index contributed by atoms with van der Waals surface area (Å²) in [6, 6.07) is 0.537. The molecule has 0 aromatic carbocycles. The van der Waals surface area contributed by atoms with E-state index in [0.717, 1.165) is 44.2 Å². The van der Waals surface area contributed by atoms with Crippen LogP contribution in [0.1, 0.15) is 36.9 Å². The lowest BCUT2D eigenvalue weighted by molar-refractivity contribution is 0.357. The fourth-order valence-electron chi connectivity index (χ4n) is 2.53. The Morgan fingerprint density at radius 3 is 3.06 bits per heavy atom. The Kier molecular flexibility index (Phi) is 2.88. The zero-order chi connectivity index (χ0) is 10.8. The van der Waals surface area contributed by atoms with Crippen LogP contribution in [0, 0.1) is 0 Å². The second-order valence-electron chi connectivity index (χ2n) is 4.73. The van der Waals surface area contributed by atoms with E-state index >= 15 is 0 Å². The smallest absolute Gasteiger partial charge is 0.228 e. The molecule has 5 nitrogen and oxygen atoms in total. The molecule has 2 atom stereocenters. The predicted octanol–water partition coefficient (Wildman–Crippen LogP) is 0.441. The Morgan fingerprint density at radius 2 is 2.31 bits per heavy atom. The predicted molar refractivity (Wildman–Crippen MR) is 59.3 cm³/mol. The highest BCUT2D eigenvalue weighted by atomic mass is 16.5. The van der Waals surface area contributed by atoms with Crippen molar-refractivity contribution in [3.8, 4) is 0 Å². The third kappa shape index (κ3) is 2.10. The van der Waals surface area contributed by atoms with Gasteiger partial charge in [-0.05, 0) is 32.4 Å². The van der Waals surface area contributed by atoms with Crippen LogP contribution >= 0.6 is 0 Å². The third-order valence-electron chi connectivity index (χ3n) is 3.49. The summed E-state index contributed by atoms with van der Waals surface area (Å²) < 4.78 is 5.31. The van der Waals surface area contributed by atoms with Gasteiger partial charge in [0, 0.05) is 24.9 Å². The van der Waals surface area contributed by atoms with Crippen molar-refractivity contribution in [1.82, 2.24) is 20.8 Å². The third-order valence-corrected chi connectivity index (χ3v) is 3.49. The standard InChI is InChI=1S/C11H18N4O/c1-2-9(13-4-1)6-10-14-11(15-16-10)8-3-5-12-7-8/h8-9,12-13H,1-7H2. The number of hydrogen-bond donors (Lipinski definition) is 2. The van der Waals surface area contributed by atoms with Crippen LogP contribution in [-0.4, -0.2) is 35.8 Å². The summed E-state index contributed by atoms with van der Waals surface area (Å²) >= 11 is 0. The normalized spacial score (nSPS) is 30.0. The second kappa shape index (κ2) is 4.51. The highest BCUT2D eigenvalue weighted by Crippen LogP contribution is 2.20. The van der Waals surface area contributed by atoms with Crippen molar-refractivity contribution in [3.05, 3.63) is 11.7 Å². The van der Waals surface area contributed by atoms with Gasteiger partial charge in [0.1, 0.15) is 0 Å². The Morgan fingerprint density at radius 1 is 1.31 bits per heavy atom. The molecular formula is C11H18N4O. The Balaban J connectivity index is 1.62. The first kappa shape index (κ1) is 10.2. The van der Waals surface area contributed by atoms with E-state index in [-0.39, 0.29) is 0 Å². The van der Waals surface area contributed by atoms with Gasteiger partial charge in [-0.25, -0.2) is 0 Å². The van der Waals surface area contributed by atoms with Crippen molar-refractivity contribution >= 4 is 0 Å². The Labute approximate surface area is 95.0 Å². The SMILES string of the molecule is C1CNC(Cc2nc(C3CCNC3)no2)C1. The maximum atomic E-state index is 5.31. The summed E-state index contributed by atoms with van der Waals surface area (Å²) in [4.78, 5) is 4.50. The van der Waals surface area contributed by atoms with Gasteiger partial charge in [-0.2, -0.15) is 4.98 Å². The van der Waals surface area contributed by atoms with E-state index in [1.54, 1.807) is 0 Å². The minimum absolute atomic E-state index is 0.453. The molecule has 0 amide bonds. The van der Waals surface area contributed by atoms with Crippen molar-refractivity contribution in [3.63, 3.8) is 0 Å². The van der Waals surface area contributed by atoms with Gasteiger partial charge in [-0.1, -0.05) is 5.16 Å². The summed E-state index contributed by atoms with van der Waals surface area (Å²) in [5.74, 6) is 2.13. The second-order valence-corrected chi connectivity index (χ2v) is 4.73. The summed E-state index contributed by atoms with van der Waals surface area (Å²) in [6.45, 7) is 3.18. The lowest BCUT2D eigenvalue weighted by Crippen LogP contribution is -2.23. The van der Waals surface area contributed by atoms with E-state index < -0.39 is 0 Å². The van der Waals surface area contributed by atoms with E-state index in [1.807, 2.05) is 0 Å². The quantitative estimate of drug-likeness (QED) is 0.777. The van der Waals surface area contributed by atoms with E-state index in [9.17, 15) is 0 Å². The molecule has 2 aliphatic heterocycles. The molecule has 0 spiro atoms. The molecule has 2 fully saturated rings. The molecular weight excluding hydrogens is 204 g/mol. The molecule has 0 bridgehead atoms. The fourth-order valence-corrected chi connectivity index (χ4v) is 2.53. The molecule has 0 saturated carbocycles. The minimum atomic E-state index is 0.453. The molecule has 3 rings (SSSR count). The van der Waals surface area contributed by atoms with Crippen LogP contribution < -0.4 is 10.6 Å². The van der Waals surface area contributed by atoms with Crippen molar-refractivity contribution in [2.75, 3.05) is 19.6 Å². The van der Waals surface area contributed by atoms with Crippen molar-refractivity contribution in [1.29, 1.82) is 0 Å². The topological polar surface area (TPSA) is 63.0 Å². The van der Waals surface area contributed by atoms with Gasteiger partial charge in [-0.15, -0.1) is 0 Å². The van der Waals surface area contributed by atoms with Crippen LogP contribution in [-0.2, 0) is 6.42 Å². The van der Waals surface area contributed by atoms with Gasteiger partial charge in [-0.3, -0.25) is 0 Å². The van der Waals surface area contributed by atoms with Gasteiger partial charge in [0.2, 0.25) is 5.89 Å². The average molecular weight is 222 g/mol. The Bertz CT molecular complexity index is 340. The average Bonchev–Trinajstić information content (AvgIpc) is 2.99. The van der Waals surface area contributed by atoms with Crippen molar-refractivity contribution < 1.29 is 4.52 Å². The first-order valence-electron chi connectivity index (χ1n) is 6.18.